The summed E-state index contributed by atoms with van der Waals surface area (Å²) < 4.78 is 0. The second-order valence-corrected chi connectivity index (χ2v) is 2.25. The minimum absolute atomic E-state index is 0.562. The van der Waals surface area contributed by atoms with Crippen LogP contribution in [0.5, 0.6) is 0 Å². The Kier molecular flexibility index (Phi) is 1.42. The summed E-state index contributed by atoms with van der Waals surface area (Å²) in [5.74, 6) is 1.12. The molecule has 1 rings (SSSR count). The SMILES string of the molecule is CC1C=NN=C[C@H]1C. The zero-order valence-electron chi connectivity index (χ0n) is 5.20. The fourth-order valence-corrected chi connectivity index (χ4v) is 0.559. The minimum Gasteiger partial charge on any atom is -0.164 e. The molecule has 1 aliphatic heterocycles. The van der Waals surface area contributed by atoms with Crippen molar-refractivity contribution >= 4 is 12.4 Å². The van der Waals surface area contributed by atoms with Gasteiger partial charge >= 0.3 is 0 Å². The van der Waals surface area contributed by atoms with Crippen LogP contribution >= 0.6 is 0 Å². The van der Waals surface area contributed by atoms with E-state index in [0.29, 0.717) is 11.8 Å². The van der Waals surface area contributed by atoms with Crippen molar-refractivity contribution in [2.24, 2.45) is 22.0 Å². The van der Waals surface area contributed by atoms with Crippen LogP contribution in [0.15, 0.2) is 10.2 Å². The van der Waals surface area contributed by atoms with Gasteiger partial charge < -0.3 is 0 Å². The average Bonchev–Trinajstić information content (AvgIpc) is 1.77. The van der Waals surface area contributed by atoms with Gasteiger partial charge in [0.1, 0.15) is 0 Å². The maximum Gasteiger partial charge on any atom is 0.0304 e. The van der Waals surface area contributed by atoms with E-state index in [-0.39, 0.29) is 0 Å². The van der Waals surface area contributed by atoms with Crippen LogP contribution in [0.25, 0.3) is 0 Å². The number of rotatable bonds is 0. The number of nitrogens with zero attached hydrogens (tertiary/aromatic N) is 2. The molecule has 0 aliphatic carbocycles. The first kappa shape index (κ1) is 5.48. The predicted molar refractivity (Wildman–Crippen MR) is 35.3 cm³/mol. The highest BCUT2D eigenvalue weighted by Crippen LogP contribution is 2.08. The maximum absolute atomic E-state index is 3.75. The van der Waals surface area contributed by atoms with E-state index in [2.05, 4.69) is 24.1 Å². The topological polar surface area (TPSA) is 24.7 Å². The van der Waals surface area contributed by atoms with E-state index in [1.54, 1.807) is 0 Å². The van der Waals surface area contributed by atoms with Crippen LogP contribution < -0.4 is 0 Å². The molecule has 2 atom stereocenters. The summed E-state index contributed by atoms with van der Waals surface area (Å²) in [5.41, 5.74) is 0. The Morgan fingerprint density at radius 1 is 1.00 bits per heavy atom. The van der Waals surface area contributed by atoms with Crippen molar-refractivity contribution in [2.45, 2.75) is 13.8 Å². The highest BCUT2D eigenvalue weighted by atomic mass is 15.2. The summed E-state index contributed by atoms with van der Waals surface area (Å²) in [6.45, 7) is 4.28. The summed E-state index contributed by atoms with van der Waals surface area (Å²) in [6.07, 6.45) is 3.76. The molecule has 8 heavy (non-hydrogen) atoms. The molecule has 0 amide bonds. The van der Waals surface area contributed by atoms with Crippen LogP contribution in [0, 0.1) is 11.8 Å². The van der Waals surface area contributed by atoms with Gasteiger partial charge in [-0.05, 0) is 0 Å². The molecule has 0 bridgehead atoms. The Labute approximate surface area is 49.3 Å². The molecule has 44 valence electrons. The minimum atomic E-state index is 0.562. The third-order valence-corrected chi connectivity index (χ3v) is 1.50. The van der Waals surface area contributed by atoms with Crippen molar-refractivity contribution in [3.63, 3.8) is 0 Å². The van der Waals surface area contributed by atoms with Gasteiger partial charge in [0.15, 0.2) is 0 Å². The van der Waals surface area contributed by atoms with E-state index in [1.165, 1.54) is 0 Å². The van der Waals surface area contributed by atoms with E-state index in [4.69, 9.17) is 0 Å². The highest BCUT2D eigenvalue weighted by molar-refractivity contribution is 5.73. The average molecular weight is 110 g/mol. The van der Waals surface area contributed by atoms with E-state index in [1.807, 2.05) is 12.4 Å². The van der Waals surface area contributed by atoms with Crippen LogP contribution in [0.1, 0.15) is 13.8 Å². The monoisotopic (exact) mass is 110 g/mol. The first-order valence-corrected chi connectivity index (χ1v) is 2.87. The van der Waals surface area contributed by atoms with Crippen LogP contribution in [0.3, 0.4) is 0 Å². The quantitative estimate of drug-likeness (QED) is 0.449. The summed E-state index contributed by atoms with van der Waals surface area (Å²) in [6, 6.07) is 0. The lowest BCUT2D eigenvalue weighted by molar-refractivity contribution is 0.633. The Hall–Kier alpha value is -0.660. The fraction of sp³-hybridized carbons (Fsp3) is 0.667. The Morgan fingerprint density at radius 2 is 1.38 bits per heavy atom. The van der Waals surface area contributed by atoms with Gasteiger partial charge in [-0.2, -0.15) is 10.2 Å². The van der Waals surface area contributed by atoms with Crippen LogP contribution in [0.2, 0.25) is 0 Å². The van der Waals surface area contributed by atoms with Gasteiger partial charge in [0.05, 0.1) is 0 Å². The molecule has 0 saturated heterocycles. The van der Waals surface area contributed by atoms with Crippen molar-refractivity contribution in [1.29, 1.82) is 0 Å². The summed E-state index contributed by atoms with van der Waals surface area (Å²) >= 11 is 0. The Bertz CT molecular complexity index is 110. The van der Waals surface area contributed by atoms with Gasteiger partial charge in [-0.1, -0.05) is 13.8 Å². The highest BCUT2D eigenvalue weighted by Gasteiger charge is 2.08. The molecular weight excluding hydrogens is 100 g/mol. The van der Waals surface area contributed by atoms with E-state index >= 15 is 0 Å². The molecule has 0 fully saturated rings. The van der Waals surface area contributed by atoms with Gasteiger partial charge in [-0.3, -0.25) is 0 Å². The van der Waals surface area contributed by atoms with Gasteiger partial charge in [0.25, 0.3) is 0 Å². The van der Waals surface area contributed by atoms with Crippen molar-refractivity contribution < 1.29 is 0 Å². The summed E-state index contributed by atoms with van der Waals surface area (Å²) in [5, 5.41) is 7.51. The lowest BCUT2D eigenvalue weighted by Crippen LogP contribution is -2.12. The molecule has 0 spiro atoms. The van der Waals surface area contributed by atoms with E-state index in [9.17, 15) is 0 Å². The van der Waals surface area contributed by atoms with Crippen molar-refractivity contribution in [3.05, 3.63) is 0 Å². The largest absolute Gasteiger partial charge is 0.164 e. The van der Waals surface area contributed by atoms with Crippen molar-refractivity contribution in [2.75, 3.05) is 0 Å². The lowest BCUT2D eigenvalue weighted by Gasteiger charge is -2.11. The molecule has 0 aromatic rings. The van der Waals surface area contributed by atoms with Crippen LogP contribution in [-0.2, 0) is 0 Å². The molecule has 1 aliphatic rings. The molecule has 0 saturated carbocycles. The fourth-order valence-electron chi connectivity index (χ4n) is 0.559. The molecule has 2 nitrogen and oxygen atoms in total. The second kappa shape index (κ2) is 2.07. The zero-order chi connectivity index (χ0) is 5.98. The molecule has 2 heteroatoms. The van der Waals surface area contributed by atoms with Crippen LogP contribution in [0.4, 0.5) is 0 Å². The first-order valence-electron chi connectivity index (χ1n) is 2.87. The number of hydrogen-bond donors (Lipinski definition) is 0. The van der Waals surface area contributed by atoms with Crippen molar-refractivity contribution in [3.8, 4) is 0 Å². The number of hydrogen-bond acceptors (Lipinski definition) is 2. The molecule has 0 radical (unpaired) electrons. The second-order valence-electron chi connectivity index (χ2n) is 2.25. The molecule has 0 aromatic heterocycles. The van der Waals surface area contributed by atoms with E-state index in [0.717, 1.165) is 0 Å². The van der Waals surface area contributed by atoms with Gasteiger partial charge in [-0.25, -0.2) is 0 Å². The molecule has 1 heterocycles. The van der Waals surface area contributed by atoms with Gasteiger partial charge in [0, 0.05) is 24.3 Å². The van der Waals surface area contributed by atoms with Crippen LogP contribution in [-0.4, -0.2) is 12.4 Å². The van der Waals surface area contributed by atoms with Gasteiger partial charge in [-0.15, -0.1) is 0 Å². The first-order chi connectivity index (χ1) is 3.80. The molecule has 1 unspecified atom stereocenters. The molecule has 0 aromatic carbocycles. The normalized spacial score (nSPS) is 35.8. The summed E-state index contributed by atoms with van der Waals surface area (Å²) in [7, 11) is 0. The Balaban J connectivity index is 2.59. The lowest BCUT2D eigenvalue weighted by atomic mass is 9.98. The Morgan fingerprint density at radius 3 is 1.62 bits per heavy atom. The van der Waals surface area contributed by atoms with Gasteiger partial charge in [0.2, 0.25) is 0 Å². The molecular formula is C6H10N2. The zero-order valence-corrected chi connectivity index (χ0v) is 5.20. The molecule has 0 N–H and O–H groups in total. The van der Waals surface area contributed by atoms with Crippen molar-refractivity contribution in [1.82, 2.24) is 0 Å². The third-order valence-electron chi connectivity index (χ3n) is 1.50. The standard InChI is InChI=1S/C6H10N2/c1-5-3-7-8-4-6(5)2/h3-6H,1-2H3/t5-,6?/m1/s1. The smallest absolute Gasteiger partial charge is 0.0304 e. The third kappa shape index (κ3) is 0.941. The summed E-state index contributed by atoms with van der Waals surface area (Å²) in [4.78, 5) is 0. The van der Waals surface area contributed by atoms with E-state index < -0.39 is 0 Å². The predicted octanol–water partition coefficient (Wildman–Crippen LogP) is 1.33. The maximum atomic E-state index is 3.75.